The summed E-state index contributed by atoms with van der Waals surface area (Å²) in [7, 11) is 0. The number of esters is 1. The highest BCUT2D eigenvalue weighted by Crippen LogP contribution is 2.23. The van der Waals surface area contributed by atoms with Gasteiger partial charge in [-0.1, -0.05) is 41.9 Å². The highest BCUT2D eigenvalue weighted by atomic mass is 35.5. The van der Waals surface area contributed by atoms with Crippen LogP contribution in [0.15, 0.2) is 54.6 Å². The van der Waals surface area contributed by atoms with Crippen LogP contribution in [0, 0.1) is 17.0 Å². The van der Waals surface area contributed by atoms with Gasteiger partial charge in [-0.3, -0.25) is 14.9 Å². The fourth-order valence-corrected chi connectivity index (χ4v) is 3.14. The molecule has 0 saturated heterocycles. The molecule has 1 aromatic heterocycles. The van der Waals surface area contributed by atoms with Crippen molar-refractivity contribution in [2.45, 2.75) is 26.5 Å². The molecule has 1 atom stereocenters. The maximum atomic E-state index is 12.6. The van der Waals surface area contributed by atoms with Crippen molar-refractivity contribution in [3.8, 4) is 0 Å². The van der Waals surface area contributed by atoms with Crippen LogP contribution in [0.2, 0.25) is 5.15 Å². The number of ether oxygens (including phenoxy) is 1. The Morgan fingerprint density at radius 2 is 1.84 bits per heavy atom. The molecule has 10 heteroatoms. The second-order valence-electron chi connectivity index (χ2n) is 6.74. The van der Waals surface area contributed by atoms with Crippen molar-refractivity contribution >= 4 is 34.9 Å². The summed E-state index contributed by atoms with van der Waals surface area (Å²) in [6, 6.07) is 14.8. The van der Waals surface area contributed by atoms with Gasteiger partial charge in [0.05, 0.1) is 17.2 Å². The molecule has 0 bridgehead atoms. The summed E-state index contributed by atoms with van der Waals surface area (Å²) in [5.41, 5.74) is 1.67. The lowest BCUT2D eigenvalue weighted by Gasteiger charge is -2.13. The zero-order chi connectivity index (χ0) is 22.5. The number of nitro benzene ring substituents is 1. The van der Waals surface area contributed by atoms with E-state index >= 15 is 0 Å². The Morgan fingerprint density at radius 3 is 2.45 bits per heavy atom. The van der Waals surface area contributed by atoms with E-state index in [1.165, 1.54) is 35.9 Å². The molecule has 1 unspecified atom stereocenters. The van der Waals surface area contributed by atoms with Crippen LogP contribution in [-0.4, -0.2) is 32.7 Å². The van der Waals surface area contributed by atoms with E-state index in [0.29, 0.717) is 17.9 Å². The van der Waals surface area contributed by atoms with E-state index in [-0.39, 0.29) is 16.4 Å². The lowest BCUT2D eigenvalue weighted by Crippen LogP contribution is -2.30. The molecule has 0 aliphatic heterocycles. The summed E-state index contributed by atoms with van der Waals surface area (Å²) in [5.74, 6) is -1.36. The molecule has 2 aromatic carbocycles. The van der Waals surface area contributed by atoms with Crippen molar-refractivity contribution in [2.24, 2.45) is 0 Å². The lowest BCUT2D eigenvalue weighted by molar-refractivity contribution is -0.384. The predicted octanol–water partition coefficient (Wildman–Crippen LogP) is 3.99. The van der Waals surface area contributed by atoms with Crippen molar-refractivity contribution in [2.75, 3.05) is 5.32 Å². The molecule has 1 amide bonds. The molecule has 0 spiro atoms. The summed E-state index contributed by atoms with van der Waals surface area (Å²) >= 11 is 6.35. The number of rotatable bonds is 7. The van der Waals surface area contributed by atoms with Gasteiger partial charge in [-0.2, -0.15) is 5.10 Å². The van der Waals surface area contributed by atoms with E-state index in [0.717, 1.165) is 5.56 Å². The van der Waals surface area contributed by atoms with Crippen LogP contribution in [0.5, 0.6) is 0 Å². The van der Waals surface area contributed by atoms with E-state index in [1.807, 2.05) is 30.3 Å². The number of carbonyl (C=O) groups is 2. The molecule has 0 saturated carbocycles. The number of carbonyl (C=O) groups excluding carboxylic acids is 2. The molecule has 9 nitrogen and oxygen atoms in total. The Kier molecular flexibility index (Phi) is 6.66. The first-order chi connectivity index (χ1) is 14.8. The number of aryl methyl sites for hydroxylation is 1. The number of hydrogen-bond donors (Lipinski definition) is 1. The minimum absolute atomic E-state index is 0.0904. The first-order valence-electron chi connectivity index (χ1n) is 9.29. The largest absolute Gasteiger partial charge is 0.449 e. The van der Waals surface area contributed by atoms with Crippen molar-refractivity contribution in [3.63, 3.8) is 0 Å². The fraction of sp³-hybridized carbons (Fsp3) is 0.190. The Morgan fingerprint density at radius 1 is 1.19 bits per heavy atom. The Labute approximate surface area is 182 Å². The molecule has 1 N–H and O–H groups in total. The quantitative estimate of drug-likeness (QED) is 0.336. The molecular weight excluding hydrogens is 424 g/mol. The van der Waals surface area contributed by atoms with E-state index in [2.05, 4.69) is 10.4 Å². The van der Waals surface area contributed by atoms with Crippen molar-refractivity contribution in [3.05, 3.63) is 86.7 Å². The molecule has 1 heterocycles. The van der Waals surface area contributed by atoms with Crippen LogP contribution in [0.1, 0.15) is 28.5 Å². The van der Waals surface area contributed by atoms with Crippen LogP contribution in [-0.2, 0) is 16.1 Å². The molecule has 0 radical (unpaired) electrons. The van der Waals surface area contributed by atoms with Gasteiger partial charge < -0.3 is 10.1 Å². The molecule has 0 aliphatic carbocycles. The van der Waals surface area contributed by atoms with Crippen LogP contribution >= 0.6 is 11.6 Å². The highest BCUT2D eigenvalue weighted by molar-refractivity contribution is 6.32. The Hall–Kier alpha value is -3.72. The number of benzene rings is 2. The number of non-ortho nitro benzene ring substituents is 1. The number of amides is 1. The van der Waals surface area contributed by atoms with Crippen LogP contribution in [0.4, 0.5) is 11.4 Å². The number of nitrogens with one attached hydrogen (secondary N) is 1. The molecular formula is C21H19ClN4O5. The minimum Gasteiger partial charge on any atom is -0.449 e. The lowest BCUT2D eigenvalue weighted by atomic mass is 10.2. The van der Waals surface area contributed by atoms with Gasteiger partial charge in [0, 0.05) is 17.8 Å². The van der Waals surface area contributed by atoms with Gasteiger partial charge in [-0.05, 0) is 31.5 Å². The third-order valence-electron chi connectivity index (χ3n) is 4.44. The molecule has 31 heavy (non-hydrogen) atoms. The summed E-state index contributed by atoms with van der Waals surface area (Å²) < 4.78 is 6.75. The maximum Gasteiger partial charge on any atom is 0.343 e. The zero-order valence-electron chi connectivity index (χ0n) is 16.7. The normalized spacial score (nSPS) is 11.6. The Bertz CT molecular complexity index is 1110. The summed E-state index contributed by atoms with van der Waals surface area (Å²) in [6.45, 7) is 3.42. The number of anilines is 1. The third-order valence-corrected chi connectivity index (χ3v) is 4.83. The first-order valence-corrected chi connectivity index (χ1v) is 9.67. The van der Waals surface area contributed by atoms with Gasteiger partial charge in [-0.15, -0.1) is 0 Å². The minimum atomic E-state index is -1.13. The first kappa shape index (κ1) is 22.0. The zero-order valence-corrected chi connectivity index (χ0v) is 17.5. The van der Waals surface area contributed by atoms with Gasteiger partial charge in [-0.25, -0.2) is 9.48 Å². The summed E-state index contributed by atoms with van der Waals surface area (Å²) in [5, 5.41) is 17.7. The van der Waals surface area contributed by atoms with Crippen LogP contribution in [0.3, 0.4) is 0 Å². The van der Waals surface area contributed by atoms with E-state index in [9.17, 15) is 19.7 Å². The number of nitro groups is 1. The van der Waals surface area contributed by atoms with E-state index in [4.69, 9.17) is 16.3 Å². The standard InChI is InChI=1S/C21H19ClN4O5/c1-13-18(19(22)25(24-13)12-15-6-4-3-5-7-15)21(28)31-14(2)20(27)23-16-8-10-17(11-9-16)26(29)30/h3-11,14H,12H2,1-2H3,(H,23,27). The van der Waals surface area contributed by atoms with Crippen molar-refractivity contribution in [1.29, 1.82) is 0 Å². The van der Waals surface area contributed by atoms with Gasteiger partial charge in [0.25, 0.3) is 11.6 Å². The van der Waals surface area contributed by atoms with Gasteiger partial charge in [0.15, 0.2) is 6.10 Å². The van der Waals surface area contributed by atoms with Crippen LogP contribution in [0.25, 0.3) is 0 Å². The monoisotopic (exact) mass is 442 g/mol. The highest BCUT2D eigenvalue weighted by Gasteiger charge is 2.26. The van der Waals surface area contributed by atoms with Crippen LogP contribution < -0.4 is 5.32 Å². The average molecular weight is 443 g/mol. The predicted molar refractivity (Wildman–Crippen MR) is 114 cm³/mol. The van der Waals surface area contributed by atoms with E-state index in [1.54, 1.807) is 6.92 Å². The van der Waals surface area contributed by atoms with Gasteiger partial charge >= 0.3 is 5.97 Å². The number of hydrogen-bond acceptors (Lipinski definition) is 6. The summed E-state index contributed by atoms with van der Waals surface area (Å²) in [4.78, 5) is 35.1. The maximum absolute atomic E-state index is 12.6. The third kappa shape index (κ3) is 5.26. The molecule has 3 rings (SSSR count). The number of halogens is 1. The Balaban J connectivity index is 1.66. The second-order valence-corrected chi connectivity index (χ2v) is 7.09. The van der Waals surface area contributed by atoms with Crippen molar-refractivity contribution in [1.82, 2.24) is 9.78 Å². The molecule has 3 aromatic rings. The topological polar surface area (TPSA) is 116 Å². The smallest absolute Gasteiger partial charge is 0.343 e. The molecule has 0 fully saturated rings. The van der Waals surface area contributed by atoms with Gasteiger partial charge in [0.1, 0.15) is 10.7 Å². The van der Waals surface area contributed by atoms with E-state index < -0.39 is 22.9 Å². The number of aromatic nitrogens is 2. The van der Waals surface area contributed by atoms with Crippen molar-refractivity contribution < 1.29 is 19.2 Å². The molecule has 0 aliphatic rings. The number of nitrogens with zero attached hydrogens (tertiary/aromatic N) is 3. The molecule has 160 valence electrons. The average Bonchev–Trinajstić information content (AvgIpc) is 3.02. The van der Waals surface area contributed by atoms with Gasteiger partial charge in [0.2, 0.25) is 0 Å². The second kappa shape index (κ2) is 9.40. The summed E-state index contributed by atoms with van der Waals surface area (Å²) in [6.07, 6.45) is -1.13. The SMILES string of the molecule is Cc1nn(Cc2ccccc2)c(Cl)c1C(=O)OC(C)C(=O)Nc1ccc([N+](=O)[O-])cc1. The fourth-order valence-electron chi connectivity index (χ4n) is 2.83.